The van der Waals surface area contributed by atoms with E-state index in [1.165, 1.54) is 22.4 Å². The van der Waals surface area contributed by atoms with Crippen LogP contribution in [-0.4, -0.2) is 58.8 Å². The zero-order valence-electron chi connectivity index (χ0n) is 19.3. The number of anilines is 1. The topological polar surface area (TPSA) is 55.4 Å². The molecule has 0 amide bonds. The summed E-state index contributed by atoms with van der Waals surface area (Å²) >= 11 is 0. The Bertz CT molecular complexity index is 1180. The summed E-state index contributed by atoms with van der Waals surface area (Å²) in [4.78, 5) is 12.9. The summed E-state index contributed by atoms with van der Waals surface area (Å²) in [6.45, 7) is 8.76. The first-order valence-corrected chi connectivity index (χ1v) is 11.6. The molecule has 2 atom stereocenters. The van der Waals surface area contributed by atoms with Crippen molar-refractivity contribution >= 4 is 16.7 Å². The largest absolute Gasteiger partial charge is 0.377 e. The highest BCUT2D eigenvalue weighted by molar-refractivity contribution is 5.86. The summed E-state index contributed by atoms with van der Waals surface area (Å²) in [5.41, 5.74) is 7.10. The van der Waals surface area contributed by atoms with Gasteiger partial charge in [0.2, 0.25) is 0 Å². The van der Waals surface area contributed by atoms with Crippen molar-refractivity contribution in [1.82, 2.24) is 14.9 Å². The molecule has 166 valence electrons. The van der Waals surface area contributed by atoms with Gasteiger partial charge in [-0.1, -0.05) is 5.92 Å². The third-order valence-corrected chi connectivity index (χ3v) is 7.46. The number of piperazine rings is 1. The van der Waals surface area contributed by atoms with Crippen LogP contribution < -0.4 is 4.90 Å². The molecule has 1 aliphatic heterocycles. The van der Waals surface area contributed by atoms with Gasteiger partial charge in [-0.3, -0.25) is 0 Å². The van der Waals surface area contributed by atoms with E-state index in [4.69, 9.17) is 11.4 Å². The highest BCUT2D eigenvalue weighted by Gasteiger charge is 2.41. The number of terminal acetylenes is 1. The number of aryl methyl sites for hydroxylation is 2. The fourth-order valence-electron chi connectivity index (χ4n) is 5.70. The molecule has 2 fully saturated rings. The molecule has 3 aromatic rings. The van der Waals surface area contributed by atoms with Crippen molar-refractivity contribution in [2.75, 3.05) is 38.1 Å². The van der Waals surface area contributed by atoms with Crippen LogP contribution in [0.5, 0.6) is 0 Å². The number of hydrogen-bond acceptors (Lipinski definition) is 4. The van der Waals surface area contributed by atoms with Gasteiger partial charge in [-0.2, -0.15) is 0 Å². The number of rotatable bonds is 3. The minimum Gasteiger partial charge on any atom is -0.377 e. The van der Waals surface area contributed by atoms with E-state index >= 15 is 0 Å². The lowest BCUT2D eigenvalue weighted by Crippen LogP contribution is -2.45. The molecule has 5 rings (SSSR count). The monoisotopic (exact) mass is 428 g/mol. The zero-order chi connectivity index (χ0) is 22.5. The summed E-state index contributed by atoms with van der Waals surface area (Å²) in [7, 11) is 2.19. The molecule has 2 N–H and O–H groups in total. The molecular formula is C27H32N4O. The molecule has 2 aromatic heterocycles. The molecule has 32 heavy (non-hydrogen) atoms. The second-order valence-electron chi connectivity index (χ2n) is 9.63. The highest BCUT2D eigenvalue weighted by atomic mass is 16.3. The lowest BCUT2D eigenvalue weighted by molar-refractivity contribution is 0.0913. The molecule has 3 heterocycles. The molecule has 5 heteroatoms. The average Bonchev–Trinajstić information content (AvgIpc) is 3.37. The summed E-state index contributed by atoms with van der Waals surface area (Å²) in [6, 6.07) is 6.76. The Balaban J connectivity index is 1.52. The van der Waals surface area contributed by atoms with E-state index in [1.54, 1.807) is 0 Å². The van der Waals surface area contributed by atoms with Crippen molar-refractivity contribution in [3.63, 3.8) is 0 Å². The molecule has 0 bridgehead atoms. The first-order valence-electron chi connectivity index (χ1n) is 11.6. The van der Waals surface area contributed by atoms with Gasteiger partial charge in [-0.25, -0.2) is 4.98 Å². The lowest BCUT2D eigenvalue weighted by atomic mass is 9.85. The van der Waals surface area contributed by atoms with Crippen LogP contribution in [0, 0.1) is 26.2 Å². The van der Waals surface area contributed by atoms with E-state index in [9.17, 15) is 5.11 Å². The van der Waals surface area contributed by atoms with Gasteiger partial charge in [0, 0.05) is 61.1 Å². The Morgan fingerprint density at radius 3 is 2.53 bits per heavy atom. The number of H-pyrrole nitrogens is 1. The van der Waals surface area contributed by atoms with E-state index < -0.39 is 5.60 Å². The van der Waals surface area contributed by atoms with Gasteiger partial charge in [-0.05, 0) is 80.6 Å². The van der Waals surface area contributed by atoms with E-state index in [2.05, 4.69) is 59.8 Å². The molecule has 0 spiro atoms. The van der Waals surface area contributed by atoms with Crippen LogP contribution in [0.3, 0.4) is 0 Å². The molecule has 2 unspecified atom stereocenters. The fourth-order valence-corrected chi connectivity index (χ4v) is 5.70. The third kappa shape index (κ3) is 3.48. The standard InChI is InChI=1S/C27H32N4O/c1-5-27(32)8-6-7-24(27)23-17-29-26-22(23)15-21(16-28-26)20-13-18(2)25(19(3)14-20)31-11-9-30(4)10-12-31/h1,13-17,24,32H,6-12H2,2-4H3,(H,28,29). The summed E-state index contributed by atoms with van der Waals surface area (Å²) < 4.78 is 0. The van der Waals surface area contributed by atoms with E-state index in [-0.39, 0.29) is 5.92 Å². The number of benzene rings is 1. The minimum atomic E-state index is -1.07. The molecule has 1 saturated carbocycles. The van der Waals surface area contributed by atoms with Gasteiger partial charge in [0.1, 0.15) is 11.2 Å². The van der Waals surface area contributed by atoms with Gasteiger partial charge >= 0.3 is 0 Å². The molecule has 0 radical (unpaired) electrons. The number of pyridine rings is 1. The van der Waals surface area contributed by atoms with Crippen LogP contribution in [0.4, 0.5) is 5.69 Å². The average molecular weight is 429 g/mol. The number of aromatic nitrogens is 2. The number of aliphatic hydroxyl groups is 1. The van der Waals surface area contributed by atoms with Gasteiger partial charge in [0.25, 0.3) is 0 Å². The molecule has 1 saturated heterocycles. The fraction of sp³-hybridized carbons (Fsp3) is 0.444. The quantitative estimate of drug-likeness (QED) is 0.613. The smallest absolute Gasteiger partial charge is 0.137 e. The van der Waals surface area contributed by atoms with Crippen LogP contribution in [0.1, 0.15) is 41.9 Å². The Hall–Kier alpha value is -2.81. The van der Waals surface area contributed by atoms with Crippen molar-refractivity contribution in [1.29, 1.82) is 0 Å². The first kappa shape index (κ1) is 21.1. The number of hydrogen-bond donors (Lipinski definition) is 2. The van der Waals surface area contributed by atoms with Gasteiger partial charge in [-0.15, -0.1) is 6.42 Å². The molecule has 5 nitrogen and oxygen atoms in total. The second-order valence-corrected chi connectivity index (χ2v) is 9.63. The van der Waals surface area contributed by atoms with Gasteiger partial charge in [0.05, 0.1) is 0 Å². The summed E-state index contributed by atoms with van der Waals surface area (Å²) in [6.07, 6.45) is 12.1. The van der Waals surface area contributed by atoms with Crippen molar-refractivity contribution in [2.24, 2.45) is 0 Å². The Morgan fingerprint density at radius 2 is 1.84 bits per heavy atom. The van der Waals surface area contributed by atoms with Gasteiger partial charge in [0.15, 0.2) is 0 Å². The molecule has 1 aliphatic carbocycles. The maximum atomic E-state index is 10.9. The van der Waals surface area contributed by atoms with Crippen LogP contribution in [0.25, 0.3) is 22.2 Å². The summed E-state index contributed by atoms with van der Waals surface area (Å²) in [5.74, 6) is 2.60. The van der Waals surface area contributed by atoms with E-state index in [1.807, 2.05) is 12.4 Å². The van der Waals surface area contributed by atoms with Crippen LogP contribution in [0.2, 0.25) is 0 Å². The van der Waals surface area contributed by atoms with Crippen molar-refractivity contribution in [2.45, 2.75) is 44.6 Å². The Morgan fingerprint density at radius 1 is 1.12 bits per heavy atom. The Labute approximate surface area is 190 Å². The van der Waals surface area contributed by atoms with Crippen molar-refractivity contribution in [3.8, 4) is 23.5 Å². The maximum Gasteiger partial charge on any atom is 0.137 e. The second kappa shape index (κ2) is 7.95. The highest BCUT2D eigenvalue weighted by Crippen LogP contribution is 2.45. The first-order chi connectivity index (χ1) is 15.4. The number of nitrogens with zero attached hydrogens (tertiary/aromatic N) is 3. The molecule has 1 aromatic carbocycles. The molecule has 2 aliphatic rings. The number of nitrogens with one attached hydrogen (secondary N) is 1. The molecular weight excluding hydrogens is 396 g/mol. The van der Waals surface area contributed by atoms with Gasteiger partial charge < -0.3 is 19.9 Å². The predicted molar refractivity (Wildman–Crippen MR) is 131 cm³/mol. The van der Waals surface area contributed by atoms with Crippen LogP contribution >= 0.6 is 0 Å². The normalized spacial score (nSPS) is 24.2. The maximum absolute atomic E-state index is 10.9. The minimum absolute atomic E-state index is 0.0543. The van der Waals surface area contributed by atoms with Crippen molar-refractivity contribution in [3.05, 3.63) is 47.3 Å². The number of aromatic amines is 1. The summed E-state index contributed by atoms with van der Waals surface area (Å²) in [5, 5.41) is 12.0. The van der Waals surface area contributed by atoms with E-state index in [0.29, 0.717) is 6.42 Å². The van der Waals surface area contributed by atoms with Crippen molar-refractivity contribution < 1.29 is 5.11 Å². The SMILES string of the molecule is C#CC1(O)CCCC1c1c[nH]c2ncc(-c3cc(C)c(N4CCN(C)CC4)c(C)c3)cc12. The number of fused-ring (bicyclic) bond motifs is 1. The lowest BCUT2D eigenvalue weighted by Gasteiger charge is -2.36. The number of likely N-dealkylation sites (N-methyl/N-ethyl adjacent to an activating group) is 1. The van der Waals surface area contributed by atoms with E-state index in [0.717, 1.165) is 61.2 Å². The van der Waals surface area contributed by atoms with Crippen LogP contribution in [-0.2, 0) is 0 Å². The zero-order valence-corrected chi connectivity index (χ0v) is 19.3. The van der Waals surface area contributed by atoms with Crippen LogP contribution in [0.15, 0.2) is 30.6 Å². The Kier molecular flexibility index (Phi) is 5.23. The third-order valence-electron chi connectivity index (χ3n) is 7.46. The predicted octanol–water partition coefficient (Wildman–Crippen LogP) is 4.23.